The molecule has 2 atom stereocenters. The molecule has 2 amide bonds. The van der Waals surface area contributed by atoms with Gasteiger partial charge in [0.25, 0.3) is 11.8 Å². The van der Waals surface area contributed by atoms with E-state index in [9.17, 15) is 9.59 Å². The van der Waals surface area contributed by atoms with E-state index in [0.29, 0.717) is 48.7 Å². The maximum atomic E-state index is 13.9. The molecule has 0 unspecified atom stereocenters. The molecule has 11 nitrogen and oxygen atoms in total. The summed E-state index contributed by atoms with van der Waals surface area (Å²) in [4.78, 5) is 33.7. The number of amides is 2. The Morgan fingerprint density at radius 1 is 0.630 bits per heavy atom. The van der Waals surface area contributed by atoms with Crippen molar-refractivity contribution in [2.75, 3.05) is 68.4 Å². The van der Waals surface area contributed by atoms with Crippen molar-refractivity contribution in [2.45, 2.75) is 38.8 Å². The molecule has 0 bridgehead atoms. The Morgan fingerprint density at radius 2 is 1.02 bits per heavy atom. The second kappa shape index (κ2) is 17.0. The lowest BCUT2D eigenvalue weighted by Gasteiger charge is -2.23. The topological polar surface area (TPSA) is 172 Å². The highest BCUT2D eigenvalue weighted by Gasteiger charge is 2.36. The van der Waals surface area contributed by atoms with E-state index in [1.807, 2.05) is 109 Å². The number of hydrogen-bond donors (Lipinski definition) is 6. The van der Waals surface area contributed by atoms with Crippen LogP contribution in [0.5, 0.6) is 0 Å². The fraction of sp³-hybridized carbons (Fsp3) is 0.302. The van der Waals surface area contributed by atoms with Gasteiger partial charge in [-0.05, 0) is 118 Å². The van der Waals surface area contributed by atoms with Crippen LogP contribution in [0.4, 0.5) is 22.7 Å². The molecule has 0 aliphatic carbocycles. The van der Waals surface area contributed by atoms with Crippen LogP contribution in [0.3, 0.4) is 0 Å². The average Bonchev–Trinajstić information content (AvgIpc) is 3.61. The second-order valence-corrected chi connectivity index (χ2v) is 14.5. The van der Waals surface area contributed by atoms with Crippen molar-refractivity contribution in [3.63, 3.8) is 0 Å². The summed E-state index contributed by atoms with van der Waals surface area (Å²) < 4.78 is 0. The first kappa shape index (κ1) is 38.1. The monoisotopic (exact) mass is 727 g/mol. The highest BCUT2D eigenvalue weighted by Crippen LogP contribution is 2.33. The molecule has 0 saturated carbocycles. The summed E-state index contributed by atoms with van der Waals surface area (Å²) in [7, 11) is 2.08. The first-order valence-corrected chi connectivity index (χ1v) is 18.6. The first-order valence-electron chi connectivity index (χ1n) is 18.6. The Labute approximate surface area is 318 Å². The molecule has 4 aromatic carbocycles. The smallest absolute Gasteiger partial charge is 0.253 e. The van der Waals surface area contributed by atoms with Crippen LogP contribution in [0.25, 0.3) is 0 Å². The molecule has 2 aliphatic rings. The zero-order valence-corrected chi connectivity index (χ0v) is 31.5. The maximum absolute atomic E-state index is 13.9. The molecule has 2 aliphatic heterocycles. The summed E-state index contributed by atoms with van der Waals surface area (Å²) in [5.74, 6) is -0.111. The van der Waals surface area contributed by atoms with E-state index < -0.39 is 12.1 Å². The molecule has 4 aromatic rings. The molecular formula is C43H53N9O2. The number of nitrogens with one attached hydrogen (secondary N) is 2. The van der Waals surface area contributed by atoms with Crippen molar-refractivity contribution < 1.29 is 9.59 Å². The van der Waals surface area contributed by atoms with Gasteiger partial charge in [-0.15, -0.1) is 0 Å². The molecule has 10 N–H and O–H groups in total. The van der Waals surface area contributed by atoms with Gasteiger partial charge in [0.05, 0.1) is 36.3 Å². The highest BCUT2D eigenvalue weighted by atomic mass is 16.2. The molecule has 54 heavy (non-hydrogen) atoms. The van der Waals surface area contributed by atoms with Crippen LogP contribution in [0, 0.1) is 13.8 Å². The van der Waals surface area contributed by atoms with Crippen LogP contribution in [-0.4, -0.2) is 72.8 Å². The Hall–Kier alpha value is -5.62. The SMILES string of the molecule is Cc1cccc(NC2=C([C@H](N)c3ccc(N)cc3)C(=O)N(CCCN(C)CCCN3CC(Nc4cccc(C)c4)=C([C@H](N)c4ccc(N)cc4)C3=O)C2)c1. The second-order valence-electron chi connectivity index (χ2n) is 14.5. The summed E-state index contributed by atoms with van der Waals surface area (Å²) in [5.41, 5.74) is 35.2. The number of aryl methyl sites for hydroxylation is 2. The van der Waals surface area contributed by atoms with E-state index in [2.05, 4.69) is 34.7 Å². The number of rotatable bonds is 16. The summed E-state index contributed by atoms with van der Waals surface area (Å²) in [6, 6.07) is 29.8. The van der Waals surface area contributed by atoms with Crippen molar-refractivity contribution >= 4 is 34.6 Å². The fourth-order valence-electron chi connectivity index (χ4n) is 7.22. The van der Waals surface area contributed by atoms with Gasteiger partial charge in [0.15, 0.2) is 0 Å². The number of nitrogen functional groups attached to an aromatic ring is 2. The Bertz CT molecular complexity index is 1880. The van der Waals surface area contributed by atoms with Crippen LogP contribution >= 0.6 is 0 Å². The van der Waals surface area contributed by atoms with Crippen LogP contribution in [0.2, 0.25) is 0 Å². The standard InChI is InChI=1S/C43H53N9O2/c1-28-8-4-10-34(24-28)48-36-26-51(42(53)38(36)40(46)30-12-16-32(44)17-13-30)22-6-20-50(3)21-7-23-52-27-37(49-35-11-5-9-29(2)25-35)39(43(52)54)41(47)31-14-18-33(45)19-15-31/h4-5,8-19,24-25,40-41,48-49H,6-7,20-23,26-27,44-47H2,1-3H3/t40-,41-/m1/s1. The maximum Gasteiger partial charge on any atom is 0.253 e. The van der Waals surface area contributed by atoms with Gasteiger partial charge in [-0.2, -0.15) is 0 Å². The van der Waals surface area contributed by atoms with E-state index in [1.165, 1.54) is 0 Å². The Morgan fingerprint density at radius 3 is 1.39 bits per heavy atom. The summed E-state index contributed by atoms with van der Waals surface area (Å²) in [5, 5.41) is 7.00. The Kier molecular flexibility index (Phi) is 12.0. The minimum atomic E-state index is -0.588. The van der Waals surface area contributed by atoms with Gasteiger partial charge < -0.3 is 48.3 Å². The van der Waals surface area contributed by atoms with Crippen molar-refractivity contribution in [3.05, 3.63) is 142 Å². The average molecular weight is 728 g/mol. The third-order valence-corrected chi connectivity index (χ3v) is 10.2. The zero-order valence-electron chi connectivity index (χ0n) is 31.5. The van der Waals surface area contributed by atoms with Crippen molar-refractivity contribution in [3.8, 4) is 0 Å². The van der Waals surface area contributed by atoms with E-state index in [4.69, 9.17) is 22.9 Å². The first-order chi connectivity index (χ1) is 26.0. The summed E-state index contributed by atoms with van der Waals surface area (Å²) in [6.45, 7) is 7.77. The van der Waals surface area contributed by atoms with Gasteiger partial charge in [-0.25, -0.2) is 0 Å². The molecular weight excluding hydrogens is 675 g/mol. The van der Waals surface area contributed by atoms with E-state index >= 15 is 0 Å². The van der Waals surface area contributed by atoms with Crippen LogP contribution < -0.4 is 33.6 Å². The number of nitrogens with zero attached hydrogens (tertiary/aromatic N) is 3. The van der Waals surface area contributed by atoms with E-state index in [0.717, 1.165) is 71.0 Å². The third kappa shape index (κ3) is 9.11. The number of carbonyl (C=O) groups is 2. The van der Waals surface area contributed by atoms with Gasteiger partial charge in [0.1, 0.15) is 0 Å². The lowest BCUT2D eigenvalue weighted by atomic mass is 9.98. The molecule has 0 spiro atoms. The van der Waals surface area contributed by atoms with Gasteiger partial charge in [0.2, 0.25) is 0 Å². The van der Waals surface area contributed by atoms with Crippen molar-refractivity contribution in [1.29, 1.82) is 0 Å². The largest absolute Gasteiger partial charge is 0.399 e. The predicted molar refractivity (Wildman–Crippen MR) is 219 cm³/mol. The molecule has 11 heteroatoms. The van der Waals surface area contributed by atoms with Crippen molar-refractivity contribution in [1.82, 2.24) is 14.7 Å². The minimum Gasteiger partial charge on any atom is -0.399 e. The normalized spacial score (nSPS) is 15.8. The fourth-order valence-corrected chi connectivity index (χ4v) is 7.22. The lowest BCUT2D eigenvalue weighted by molar-refractivity contribution is -0.126. The number of hydrogen-bond acceptors (Lipinski definition) is 9. The van der Waals surface area contributed by atoms with E-state index in [1.54, 1.807) is 0 Å². The van der Waals surface area contributed by atoms with Crippen molar-refractivity contribution in [2.24, 2.45) is 11.5 Å². The molecule has 0 saturated heterocycles. The highest BCUT2D eigenvalue weighted by molar-refractivity contribution is 6.00. The van der Waals surface area contributed by atoms with Crippen LogP contribution in [-0.2, 0) is 9.59 Å². The van der Waals surface area contributed by atoms with E-state index in [-0.39, 0.29) is 11.8 Å². The van der Waals surface area contributed by atoms with Gasteiger partial charge in [-0.1, -0.05) is 48.5 Å². The molecule has 0 fully saturated rings. The van der Waals surface area contributed by atoms with Crippen LogP contribution in [0.1, 0.15) is 47.2 Å². The third-order valence-electron chi connectivity index (χ3n) is 10.2. The number of anilines is 4. The number of carbonyl (C=O) groups excluding carboxylic acids is 2. The zero-order chi connectivity index (χ0) is 38.4. The lowest BCUT2D eigenvalue weighted by Crippen LogP contribution is -2.34. The molecule has 6 rings (SSSR count). The summed E-state index contributed by atoms with van der Waals surface area (Å²) in [6.07, 6.45) is 1.58. The van der Waals surface area contributed by atoms with Crippen LogP contribution in [0.15, 0.2) is 120 Å². The number of nitrogens with two attached hydrogens (primary N) is 4. The number of benzene rings is 4. The summed E-state index contributed by atoms with van der Waals surface area (Å²) >= 11 is 0. The van der Waals surface area contributed by atoms with Gasteiger partial charge in [0, 0.05) is 47.2 Å². The van der Waals surface area contributed by atoms with Gasteiger partial charge >= 0.3 is 0 Å². The quantitative estimate of drug-likeness (QED) is 0.0839. The molecule has 2 heterocycles. The molecule has 282 valence electrons. The molecule has 0 aromatic heterocycles. The Balaban J connectivity index is 1.04. The predicted octanol–water partition coefficient (Wildman–Crippen LogP) is 5.30. The molecule has 0 radical (unpaired) electrons. The minimum absolute atomic E-state index is 0.0553. The van der Waals surface area contributed by atoms with Gasteiger partial charge in [-0.3, -0.25) is 9.59 Å².